The maximum Gasteiger partial charge on any atom is 0.408 e. The second-order valence-corrected chi connectivity index (χ2v) is 13.1. The number of hydrogen-bond acceptors (Lipinski definition) is 6. The van der Waals surface area contributed by atoms with Crippen molar-refractivity contribution in [2.45, 2.75) is 79.1 Å². The second-order valence-electron chi connectivity index (χ2n) is 13.1. The van der Waals surface area contributed by atoms with E-state index >= 15 is 0 Å². The van der Waals surface area contributed by atoms with Crippen molar-refractivity contribution in [3.05, 3.63) is 77.8 Å². The molecule has 0 bridgehead atoms. The number of aliphatic hydroxyl groups excluding tert-OH is 2. The SMILES string of the molecule is C[C@@H](C(=O)NCCCN[C@@H](c1nc(-c2cc(F)ccc2F)cn1Cc1ccccc1)C(C)(C)C)N(C(=O)O)C(C)(C)C.OCCO. The maximum absolute atomic E-state index is 14.7. The Morgan fingerprint density at radius 1 is 0.978 bits per heavy atom. The van der Waals surface area contributed by atoms with Crippen LogP contribution in [-0.4, -0.2) is 79.7 Å². The predicted octanol–water partition coefficient (Wildman–Crippen LogP) is 5.20. The number of aromatic nitrogens is 2. The van der Waals surface area contributed by atoms with E-state index in [2.05, 4.69) is 31.4 Å². The zero-order valence-electron chi connectivity index (χ0n) is 27.8. The third-order valence-electron chi connectivity index (χ3n) is 7.13. The molecule has 0 spiro atoms. The predicted molar refractivity (Wildman–Crippen MR) is 174 cm³/mol. The molecule has 0 radical (unpaired) electrons. The molecular formula is C34H49F2N5O5. The molecule has 2 aromatic carbocycles. The molecule has 0 aliphatic carbocycles. The van der Waals surface area contributed by atoms with Crippen molar-refractivity contribution in [2.24, 2.45) is 5.41 Å². The number of carboxylic acid groups (broad SMARTS) is 1. The molecule has 3 rings (SSSR count). The number of aliphatic hydroxyl groups is 2. The number of nitrogens with one attached hydrogen (secondary N) is 2. The van der Waals surface area contributed by atoms with Crippen LogP contribution in [0.25, 0.3) is 11.3 Å². The highest BCUT2D eigenvalue weighted by Crippen LogP contribution is 2.35. The molecule has 254 valence electrons. The first-order valence-electron chi connectivity index (χ1n) is 15.3. The molecule has 5 N–H and O–H groups in total. The van der Waals surface area contributed by atoms with E-state index in [1.165, 1.54) is 0 Å². The highest BCUT2D eigenvalue weighted by atomic mass is 19.1. The van der Waals surface area contributed by atoms with Gasteiger partial charge in [0.2, 0.25) is 5.91 Å². The van der Waals surface area contributed by atoms with Gasteiger partial charge in [0, 0.05) is 30.4 Å². The Bertz CT molecular complexity index is 1400. The summed E-state index contributed by atoms with van der Waals surface area (Å²) in [6.07, 6.45) is 1.19. The fourth-order valence-corrected chi connectivity index (χ4v) is 5.02. The molecule has 46 heavy (non-hydrogen) atoms. The standard InChI is InChI=1S/C32H43F2N5O3.C2H6O2/c1-21(39(30(41)42)32(5,6)7)29(40)36-17-11-16-35-27(31(2,3)4)28-37-26(24-18-23(33)14-15-25(24)34)20-38(28)19-22-12-9-8-10-13-22;3-1-2-4/h8-10,12-15,18,20-21,27,35H,11,16-17,19H2,1-7H3,(H,36,40)(H,41,42);3-4H,1-2H2/t21-,27-;/m0./s1. The van der Waals surface area contributed by atoms with Crippen molar-refractivity contribution >= 4 is 12.0 Å². The minimum absolute atomic E-state index is 0.0956. The van der Waals surface area contributed by atoms with E-state index in [1.54, 1.807) is 33.9 Å². The summed E-state index contributed by atoms with van der Waals surface area (Å²) in [5, 5.41) is 31.2. The Labute approximate surface area is 270 Å². The third kappa shape index (κ3) is 11.2. The Balaban J connectivity index is 0.00000173. The summed E-state index contributed by atoms with van der Waals surface area (Å²) < 4.78 is 30.7. The van der Waals surface area contributed by atoms with Gasteiger partial charge in [0.25, 0.3) is 0 Å². The first-order valence-corrected chi connectivity index (χ1v) is 15.3. The van der Waals surface area contributed by atoms with Gasteiger partial charge in [0.15, 0.2) is 0 Å². The summed E-state index contributed by atoms with van der Waals surface area (Å²) in [7, 11) is 0. The van der Waals surface area contributed by atoms with Crippen LogP contribution in [0.5, 0.6) is 0 Å². The molecule has 10 nitrogen and oxygen atoms in total. The Morgan fingerprint density at radius 2 is 1.61 bits per heavy atom. The summed E-state index contributed by atoms with van der Waals surface area (Å²) in [6.45, 7) is 14.2. The Hall–Kier alpha value is -3.87. The molecule has 0 saturated carbocycles. The largest absolute Gasteiger partial charge is 0.465 e. The molecule has 1 aromatic heterocycles. The van der Waals surface area contributed by atoms with Crippen molar-refractivity contribution in [2.75, 3.05) is 26.3 Å². The Kier molecular flexibility index (Phi) is 14.3. The molecule has 0 aliphatic rings. The lowest BCUT2D eigenvalue weighted by molar-refractivity contribution is -0.126. The number of amides is 2. The number of benzene rings is 2. The number of rotatable bonds is 12. The van der Waals surface area contributed by atoms with Gasteiger partial charge in [-0.2, -0.15) is 0 Å². The van der Waals surface area contributed by atoms with E-state index in [9.17, 15) is 23.5 Å². The van der Waals surface area contributed by atoms with Crippen LogP contribution in [0.1, 0.15) is 72.3 Å². The lowest BCUT2D eigenvalue weighted by Crippen LogP contribution is -2.55. The average molecular weight is 646 g/mol. The first-order chi connectivity index (χ1) is 21.5. The molecule has 0 saturated heterocycles. The minimum atomic E-state index is -1.15. The summed E-state index contributed by atoms with van der Waals surface area (Å²) in [6, 6.07) is 12.1. The van der Waals surface area contributed by atoms with Crippen LogP contribution < -0.4 is 10.6 Å². The fraction of sp³-hybridized carbons (Fsp3) is 0.500. The number of imidazole rings is 1. The van der Waals surface area contributed by atoms with Gasteiger partial charge in [0.1, 0.15) is 23.5 Å². The summed E-state index contributed by atoms with van der Waals surface area (Å²) >= 11 is 0. The maximum atomic E-state index is 14.7. The summed E-state index contributed by atoms with van der Waals surface area (Å²) in [5.41, 5.74) is 0.455. The lowest BCUT2D eigenvalue weighted by Gasteiger charge is -2.37. The number of nitrogens with zero attached hydrogens (tertiary/aromatic N) is 3. The summed E-state index contributed by atoms with van der Waals surface area (Å²) in [5.74, 6) is -0.767. The Morgan fingerprint density at radius 3 is 2.15 bits per heavy atom. The van der Waals surface area contributed by atoms with Gasteiger partial charge in [-0.15, -0.1) is 0 Å². The monoisotopic (exact) mass is 645 g/mol. The van der Waals surface area contributed by atoms with Gasteiger partial charge in [-0.25, -0.2) is 18.6 Å². The molecule has 2 amide bonds. The van der Waals surface area contributed by atoms with E-state index in [-0.39, 0.29) is 36.1 Å². The molecular weight excluding hydrogens is 596 g/mol. The van der Waals surface area contributed by atoms with Gasteiger partial charge in [-0.3, -0.25) is 9.69 Å². The van der Waals surface area contributed by atoms with Crippen molar-refractivity contribution < 1.29 is 33.7 Å². The van der Waals surface area contributed by atoms with Crippen LogP contribution in [0.2, 0.25) is 0 Å². The number of carbonyl (C=O) groups is 2. The van der Waals surface area contributed by atoms with Crippen molar-refractivity contribution in [1.82, 2.24) is 25.1 Å². The van der Waals surface area contributed by atoms with Gasteiger partial charge in [0.05, 0.1) is 24.9 Å². The van der Waals surface area contributed by atoms with E-state index < -0.39 is 29.3 Å². The third-order valence-corrected chi connectivity index (χ3v) is 7.13. The van der Waals surface area contributed by atoms with Crippen LogP contribution in [0.15, 0.2) is 54.7 Å². The number of carbonyl (C=O) groups excluding carboxylic acids is 1. The molecule has 3 aromatic rings. The smallest absolute Gasteiger partial charge is 0.408 e. The normalized spacial score (nSPS) is 12.9. The second kappa shape index (κ2) is 17.2. The van der Waals surface area contributed by atoms with Crippen LogP contribution in [0.3, 0.4) is 0 Å². The average Bonchev–Trinajstić information content (AvgIpc) is 3.37. The van der Waals surface area contributed by atoms with E-state index in [1.807, 2.05) is 34.9 Å². The van der Waals surface area contributed by atoms with Gasteiger partial charge in [-0.1, -0.05) is 51.1 Å². The van der Waals surface area contributed by atoms with Gasteiger partial charge < -0.3 is 30.5 Å². The zero-order valence-corrected chi connectivity index (χ0v) is 27.8. The van der Waals surface area contributed by atoms with Crippen LogP contribution in [-0.2, 0) is 11.3 Å². The van der Waals surface area contributed by atoms with Crippen molar-refractivity contribution in [3.63, 3.8) is 0 Å². The minimum Gasteiger partial charge on any atom is -0.465 e. The quantitative estimate of drug-likeness (QED) is 0.171. The zero-order chi connectivity index (χ0) is 34.7. The number of hydrogen-bond donors (Lipinski definition) is 5. The lowest BCUT2D eigenvalue weighted by atomic mass is 9.86. The molecule has 2 atom stereocenters. The summed E-state index contributed by atoms with van der Waals surface area (Å²) in [4.78, 5) is 30.4. The topological polar surface area (TPSA) is 140 Å². The molecule has 0 fully saturated rings. The van der Waals surface area contributed by atoms with E-state index in [0.29, 0.717) is 37.6 Å². The molecule has 12 heteroatoms. The van der Waals surface area contributed by atoms with Crippen LogP contribution >= 0.6 is 0 Å². The van der Waals surface area contributed by atoms with Gasteiger partial charge in [-0.05, 0) is 69.8 Å². The van der Waals surface area contributed by atoms with Crippen molar-refractivity contribution in [1.29, 1.82) is 0 Å². The van der Waals surface area contributed by atoms with E-state index in [0.717, 1.165) is 28.7 Å². The first kappa shape index (κ1) is 38.3. The molecule has 1 heterocycles. The number of halogens is 2. The highest BCUT2D eigenvalue weighted by molar-refractivity contribution is 5.85. The van der Waals surface area contributed by atoms with Crippen LogP contribution in [0.4, 0.5) is 13.6 Å². The van der Waals surface area contributed by atoms with Gasteiger partial charge >= 0.3 is 6.09 Å². The van der Waals surface area contributed by atoms with E-state index in [4.69, 9.17) is 15.2 Å². The van der Waals surface area contributed by atoms with Crippen molar-refractivity contribution in [3.8, 4) is 11.3 Å². The fourth-order valence-electron chi connectivity index (χ4n) is 5.02. The highest BCUT2D eigenvalue weighted by Gasteiger charge is 2.34. The van der Waals surface area contributed by atoms with Crippen LogP contribution in [0, 0.1) is 17.0 Å². The molecule has 0 aliphatic heterocycles. The molecule has 0 unspecified atom stereocenters.